The molecule has 2 aromatic rings. The molecular weight excluding hydrogens is 416 g/mol. The SMILES string of the molecule is O=C(O)C(F)(F)F.O=c1ccc2c(n1CC1CC1)CCN(Cc1ccc(F)cc1)CC2. The van der Waals surface area contributed by atoms with Crippen LogP contribution in [0.2, 0.25) is 0 Å². The third-order valence-corrected chi connectivity index (χ3v) is 5.45. The second-order valence-electron chi connectivity index (χ2n) is 7.90. The van der Waals surface area contributed by atoms with E-state index in [1.165, 1.54) is 36.2 Å². The molecule has 1 aromatic carbocycles. The molecule has 5 nitrogen and oxygen atoms in total. The number of hydrogen-bond acceptors (Lipinski definition) is 3. The number of nitrogens with zero attached hydrogens (tertiary/aromatic N) is 2. The molecule has 1 aliphatic heterocycles. The van der Waals surface area contributed by atoms with Crippen LogP contribution in [0.3, 0.4) is 0 Å². The fourth-order valence-electron chi connectivity index (χ4n) is 3.61. The molecule has 168 valence electrons. The maximum atomic E-state index is 13.1. The Balaban J connectivity index is 0.000000339. The van der Waals surface area contributed by atoms with Crippen molar-refractivity contribution in [2.24, 2.45) is 5.92 Å². The van der Waals surface area contributed by atoms with Crippen molar-refractivity contribution >= 4 is 5.97 Å². The first-order valence-electron chi connectivity index (χ1n) is 10.1. The second kappa shape index (κ2) is 9.64. The summed E-state index contributed by atoms with van der Waals surface area (Å²) in [5.74, 6) is -2.24. The molecule has 1 aromatic heterocycles. The van der Waals surface area contributed by atoms with E-state index in [-0.39, 0.29) is 11.4 Å². The van der Waals surface area contributed by atoms with Gasteiger partial charge in [-0.1, -0.05) is 18.2 Å². The molecule has 0 spiro atoms. The Bertz CT molecular complexity index is 966. The molecule has 0 bridgehead atoms. The summed E-state index contributed by atoms with van der Waals surface area (Å²) in [6.07, 6.45) is -0.680. The number of pyridine rings is 1. The first-order chi connectivity index (χ1) is 14.6. The average molecular weight is 440 g/mol. The van der Waals surface area contributed by atoms with E-state index in [9.17, 15) is 22.4 Å². The summed E-state index contributed by atoms with van der Waals surface area (Å²) in [4.78, 5) is 23.6. The first kappa shape index (κ1) is 23.0. The number of benzene rings is 1. The Hall–Kier alpha value is -2.68. The molecule has 0 atom stereocenters. The number of rotatable bonds is 4. The second-order valence-corrected chi connectivity index (χ2v) is 7.90. The zero-order valence-corrected chi connectivity index (χ0v) is 16.9. The minimum atomic E-state index is -5.08. The molecule has 0 radical (unpaired) electrons. The lowest BCUT2D eigenvalue weighted by Crippen LogP contribution is -2.27. The lowest BCUT2D eigenvalue weighted by Gasteiger charge is -2.19. The van der Waals surface area contributed by atoms with E-state index in [4.69, 9.17) is 9.90 Å². The fourth-order valence-corrected chi connectivity index (χ4v) is 3.61. The highest BCUT2D eigenvalue weighted by molar-refractivity contribution is 5.73. The van der Waals surface area contributed by atoms with E-state index in [1.54, 1.807) is 6.07 Å². The molecule has 9 heteroatoms. The molecule has 1 aliphatic carbocycles. The molecule has 4 rings (SSSR count). The van der Waals surface area contributed by atoms with Crippen LogP contribution < -0.4 is 5.56 Å². The predicted molar refractivity (Wildman–Crippen MR) is 106 cm³/mol. The van der Waals surface area contributed by atoms with Gasteiger partial charge in [0.05, 0.1) is 0 Å². The van der Waals surface area contributed by atoms with Gasteiger partial charge in [-0.3, -0.25) is 9.69 Å². The van der Waals surface area contributed by atoms with E-state index >= 15 is 0 Å². The summed E-state index contributed by atoms with van der Waals surface area (Å²) in [5, 5.41) is 7.12. The molecule has 1 saturated carbocycles. The lowest BCUT2D eigenvalue weighted by molar-refractivity contribution is -0.192. The zero-order valence-electron chi connectivity index (χ0n) is 16.9. The number of halogens is 4. The van der Waals surface area contributed by atoms with Crippen LogP contribution >= 0.6 is 0 Å². The van der Waals surface area contributed by atoms with Gasteiger partial charge >= 0.3 is 12.1 Å². The van der Waals surface area contributed by atoms with Crippen molar-refractivity contribution in [2.45, 2.75) is 44.9 Å². The van der Waals surface area contributed by atoms with Gasteiger partial charge in [-0.05, 0) is 48.4 Å². The van der Waals surface area contributed by atoms with Crippen LogP contribution in [0.4, 0.5) is 17.6 Å². The van der Waals surface area contributed by atoms with E-state index in [0.717, 1.165) is 44.6 Å². The summed E-state index contributed by atoms with van der Waals surface area (Å²) in [5.41, 5.74) is 3.83. The van der Waals surface area contributed by atoms with Crippen LogP contribution in [0, 0.1) is 11.7 Å². The molecule has 1 fully saturated rings. The van der Waals surface area contributed by atoms with Crippen LogP contribution in [0.15, 0.2) is 41.2 Å². The highest BCUT2D eigenvalue weighted by atomic mass is 19.4. The highest BCUT2D eigenvalue weighted by Crippen LogP contribution is 2.31. The number of carboxylic acids is 1. The summed E-state index contributed by atoms with van der Waals surface area (Å²) in [6.45, 7) is 3.64. The Morgan fingerprint density at radius 1 is 1.03 bits per heavy atom. The Morgan fingerprint density at radius 3 is 2.23 bits per heavy atom. The fraction of sp³-hybridized carbons (Fsp3) is 0.455. The van der Waals surface area contributed by atoms with Crippen LogP contribution in [-0.2, 0) is 30.7 Å². The van der Waals surface area contributed by atoms with Gasteiger partial charge in [0, 0.05) is 44.4 Å². The zero-order chi connectivity index (χ0) is 22.6. The Labute approximate surface area is 176 Å². The van der Waals surface area contributed by atoms with E-state index in [0.29, 0.717) is 5.92 Å². The van der Waals surface area contributed by atoms with Gasteiger partial charge in [-0.25, -0.2) is 9.18 Å². The smallest absolute Gasteiger partial charge is 0.475 e. The molecule has 2 heterocycles. The van der Waals surface area contributed by atoms with Crippen molar-refractivity contribution < 1.29 is 27.5 Å². The maximum absolute atomic E-state index is 13.1. The van der Waals surface area contributed by atoms with Crippen molar-refractivity contribution in [3.63, 3.8) is 0 Å². The normalized spacial score (nSPS) is 16.6. The van der Waals surface area contributed by atoms with Crippen LogP contribution in [-0.4, -0.2) is 39.8 Å². The Morgan fingerprint density at radius 2 is 1.65 bits per heavy atom. The van der Waals surface area contributed by atoms with Crippen molar-refractivity contribution in [2.75, 3.05) is 13.1 Å². The number of carbonyl (C=O) groups is 1. The van der Waals surface area contributed by atoms with Gasteiger partial charge in [0.2, 0.25) is 0 Å². The Kier molecular flexibility index (Phi) is 7.15. The molecule has 0 unspecified atom stereocenters. The van der Waals surface area contributed by atoms with Crippen LogP contribution in [0.25, 0.3) is 0 Å². The molecule has 0 saturated heterocycles. The van der Waals surface area contributed by atoms with Gasteiger partial charge in [0.25, 0.3) is 5.56 Å². The summed E-state index contributed by atoms with van der Waals surface area (Å²) in [7, 11) is 0. The topological polar surface area (TPSA) is 62.5 Å². The number of aliphatic carboxylic acids is 1. The predicted octanol–water partition coefficient (Wildman–Crippen LogP) is 3.63. The number of fused-ring (bicyclic) bond motifs is 1. The highest BCUT2D eigenvalue weighted by Gasteiger charge is 2.38. The summed E-state index contributed by atoms with van der Waals surface area (Å²) >= 11 is 0. The first-order valence-corrected chi connectivity index (χ1v) is 10.1. The molecule has 31 heavy (non-hydrogen) atoms. The molecular formula is C22H24F4N2O3. The van der Waals surface area contributed by atoms with Crippen molar-refractivity contribution in [1.82, 2.24) is 9.47 Å². The van der Waals surface area contributed by atoms with Crippen molar-refractivity contribution in [3.8, 4) is 0 Å². The molecule has 2 aliphatic rings. The van der Waals surface area contributed by atoms with E-state index in [2.05, 4.69) is 4.90 Å². The largest absolute Gasteiger partial charge is 0.490 e. The number of hydrogen-bond donors (Lipinski definition) is 1. The van der Waals surface area contributed by atoms with E-state index < -0.39 is 12.1 Å². The minimum Gasteiger partial charge on any atom is -0.475 e. The van der Waals surface area contributed by atoms with Crippen molar-refractivity contribution in [1.29, 1.82) is 0 Å². The maximum Gasteiger partial charge on any atom is 0.490 e. The quantitative estimate of drug-likeness (QED) is 0.738. The third-order valence-electron chi connectivity index (χ3n) is 5.45. The van der Waals surface area contributed by atoms with Crippen LogP contribution in [0.5, 0.6) is 0 Å². The standard InChI is InChI=1S/C20H23FN2O.C2HF3O2/c21-18-6-3-15(4-7-18)13-22-11-9-17-5-8-20(24)23(14-16-1-2-16)19(17)10-12-22;3-2(4,5)1(6)7/h3-8,16H,1-2,9-14H2;(H,6,7). The average Bonchev–Trinajstić information content (AvgIpc) is 3.53. The van der Waals surface area contributed by atoms with Gasteiger partial charge in [0.15, 0.2) is 0 Å². The van der Waals surface area contributed by atoms with Gasteiger partial charge in [-0.15, -0.1) is 0 Å². The summed E-state index contributed by atoms with van der Waals surface area (Å²) in [6, 6.07) is 10.5. The lowest BCUT2D eigenvalue weighted by atomic mass is 10.1. The van der Waals surface area contributed by atoms with E-state index in [1.807, 2.05) is 22.8 Å². The monoisotopic (exact) mass is 440 g/mol. The number of carboxylic acid groups (broad SMARTS) is 1. The van der Waals surface area contributed by atoms with Gasteiger partial charge in [0.1, 0.15) is 5.82 Å². The summed E-state index contributed by atoms with van der Waals surface area (Å²) < 4.78 is 46.8. The molecule has 0 amide bonds. The van der Waals surface area contributed by atoms with Gasteiger partial charge < -0.3 is 9.67 Å². The number of aromatic nitrogens is 1. The minimum absolute atomic E-state index is 0.146. The van der Waals surface area contributed by atoms with Gasteiger partial charge in [-0.2, -0.15) is 13.2 Å². The van der Waals surface area contributed by atoms with Crippen LogP contribution in [0.1, 0.15) is 29.7 Å². The third kappa shape index (κ3) is 6.65. The molecule has 1 N–H and O–H groups in total. The number of alkyl halides is 3. The van der Waals surface area contributed by atoms with Crippen molar-refractivity contribution in [3.05, 3.63) is 69.4 Å².